The number of aromatic nitrogens is 2. The molecule has 19 heavy (non-hydrogen) atoms. The van der Waals surface area contributed by atoms with E-state index in [0.717, 1.165) is 37.6 Å². The van der Waals surface area contributed by atoms with Crippen molar-refractivity contribution in [2.75, 3.05) is 24.5 Å². The van der Waals surface area contributed by atoms with Gasteiger partial charge in [-0.25, -0.2) is 9.97 Å². The average molecular weight is 262 g/mol. The van der Waals surface area contributed by atoms with E-state index in [2.05, 4.69) is 20.2 Å². The van der Waals surface area contributed by atoms with Gasteiger partial charge < -0.3 is 10.2 Å². The van der Waals surface area contributed by atoms with Crippen molar-refractivity contribution < 1.29 is 4.79 Å². The highest BCUT2D eigenvalue weighted by Gasteiger charge is 2.20. The van der Waals surface area contributed by atoms with Crippen molar-refractivity contribution in [2.45, 2.75) is 33.1 Å². The number of rotatable bonds is 4. The molecule has 1 amide bonds. The number of piperidine rings is 1. The molecule has 0 bridgehead atoms. The molecular weight excluding hydrogens is 240 g/mol. The van der Waals surface area contributed by atoms with E-state index in [1.54, 1.807) is 13.3 Å². The molecule has 104 valence electrons. The highest BCUT2D eigenvalue weighted by atomic mass is 16.1. The monoisotopic (exact) mass is 262 g/mol. The molecule has 0 aliphatic carbocycles. The maximum absolute atomic E-state index is 10.9. The molecule has 2 heterocycles. The Balaban J connectivity index is 1.88. The molecule has 0 spiro atoms. The van der Waals surface area contributed by atoms with E-state index in [4.69, 9.17) is 0 Å². The van der Waals surface area contributed by atoms with Crippen molar-refractivity contribution in [2.24, 2.45) is 5.92 Å². The van der Waals surface area contributed by atoms with Crippen LogP contribution in [0.5, 0.6) is 0 Å². The number of nitrogens with one attached hydrogen (secondary N) is 1. The summed E-state index contributed by atoms with van der Waals surface area (Å²) >= 11 is 0. The second kappa shape index (κ2) is 6.50. The molecular formula is C14H22N4O. The van der Waals surface area contributed by atoms with E-state index >= 15 is 0 Å². The zero-order chi connectivity index (χ0) is 13.7. The highest BCUT2D eigenvalue weighted by molar-refractivity contribution is 5.72. The minimum absolute atomic E-state index is 0.0547. The van der Waals surface area contributed by atoms with Gasteiger partial charge >= 0.3 is 0 Å². The van der Waals surface area contributed by atoms with Gasteiger partial charge in [0.1, 0.15) is 12.1 Å². The van der Waals surface area contributed by atoms with Crippen molar-refractivity contribution in [3.8, 4) is 0 Å². The molecule has 2 rings (SSSR count). The van der Waals surface area contributed by atoms with Crippen LogP contribution in [0.1, 0.15) is 31.9 Å². The third kappa shape index (κ3) is 4.19. The predicted octanol–water partition coefficient (Wildman–Crippen LogP) is 1.53. The van der Waals surface area contributed by atoms with Gasteiger partial charge in [0.05, 0.1) is 0 Å². The largest absolute Gasteiger partial charge is 0.356 e. The third-order valence-corrected chi connectivity index (χ3v) is 3.56. The van der Waals surface area contributed by atoms with E-state index in [9.17, 15) is 4.79 Å². The SMILES string of the molecule is CC(=O)NCC[C@@H]1CCCN(c2cc(C)ncn2)C1. The number of nitrogens with zero attached hydrogens (tertiary/aromatic N) is 3. The first-order chi connectivity index (χ1) is 9.15. The first kappa shape index (κ1) is 13.8. The Morgan fingerprint density at radius 1 is 1.53 bits per heavy atom. The summed E-state index contributed by atoms with van der Waals surface area (Å²) in [6.45, 7) is 6.42. The van der Waals surface area contributed by atoms with Crippen LogP contribution in [-0.4, -0.2) is 35.5 Å². The fourth-order valence-corrected chi connectivity index (χ4v) is 2.57. The maximum Gasteiger partial charge on any atom is 0.216 e. The normalized spacial score (nSPS) is 19.3. The molecule has 0 saturated carbocycles. The van der Waals surface area contributed by atoms with Gasteiger partial charge in [0.2, 0.25) is 5.91 Å². The first-order valence-corrected chi connectivity index (χ1v) is 6.93. The lowest BCUT2D eigenvalue weighted by molar-refractivity contribution is -0.119. The summed E-state index contributed by atoms with van der Waals surface area (Å²) in [5.74, 6) is 1.71. The van der Waals surface area contributed by atoms with Crippen molar-refractivity contribution in [3.63, 3.8) is 0 Å². The van der Waals surface area contributed by atoms with E-state index in [0.29, 0.717) is 5.92 Å². The van der Waals surface area contributed by atoms with Crippen LogP contribution in [-0.2, 0) is 4.79 Å². The Morgan fingerprint density at radius 3 is 3.11 bits per heavy atom. The summed E-state index contributed by atoms with van der Waals surface area (Å²) in [5.41, 5.74) is 1.00. The lowest BCUT2D eigenvalue weighted by atomic mass is 9.95. The summed E-state index contributed by atoms with van der Waals surface area (Å²) < 4.78 is 0. The number of carbonyl (C=O) groups excluding carboxylic acids is 1. The molecule has 5 heteroatoms. The van der Waals surface area contributed by atoms with Crippen LogP contribution in [0.25, 0.3) is 0 Å². The summed E-state index contributed by atoms with van der Waals surface area (Å²) in [5, 5.41) is 2.87. The molecule has 1 N–H and O–H groups in total. The Morgan fingerprint density at radius 2 is 2.37 bits per heavy atom. The predicted molar refractivity (Wildman–Crippen MR) is 75.0 cm³/mol. The minimum atomic E-state index is 0.0547. The molecule has 0 aromatic carbocycles. The molecule has 1 aromatic rings. The van der Waals surface area contributed by atoms with Crippen LogP contribution in [0.4, 0.5) is 5.82 Å². The smallest absolute Gasteiger partial charge is 0.216 e. The third-order valence-electron chi connectivity index (χ3n) is 3.56. The highest BCUT2D eigenvalue weighted by Crippen LogP contribution is 2.23. The van der Waals surface area contributed by atoms with Gasteiger partial charge in [0.15, 0.2) is 0 Å². The van der Waals surface area contributed by atoms with Gasteiger partial charge in [0.25, 0.3) is 0 Å². The molecule has 1 aliphatic heterocycles. The van der Waals surface area contributed by atoms with Crippen LogP contribution < -0.4 is 10.2 Å². The summed E-state index contributed by atoms with van der Waals surface area (Å²) in [6, 6.07) is 2.04. The van der Waals surface area contributed by atoms with Gasteiger partial charge in [-0.2, -0.15) is 0 Å². The maximum atomic E-state index is 10.9. The van der Waals surface area contributed by atoms with Crippen molar-refractivity contribution in [1.82, 2.24) is 15.3 Å². The quantitative estimate of drug-likeness (QED) is 0.894. The fraction of sp³-hybridized carbons (Fsp3) is 0.643. The Hall–Kier alpha value is -1.65. The van der Waals surface area contributed by atoms with Gasteiger partial charge in [-0.1, -0.05) is 0 Å². The molecule has 0 unspecified atom stereocenters. The Kier molecular flexibility index (Phi) is 4.71. The Bertz CT molecular complexity index is 435. The summed E-state index contributed by atoms with van der Waals surface area (Å²) in [4.78, 5) is 21.7. The second-order valence-electron chi connectivity index (χ2n) is 5.24. The van der Waals surface area contributed by atoms with Crippen molar-refractivity contribution in [3.05, 3.63) is 18.1 Å². The molecule has 1 aliphatic rings. The number of amides is 1. The summed E-state index contributed by atoms with van der Waals surface area (Å²) in [7, 11) is 0. The number of hydrogen-bond acceptors (Lipinski definition) is 4. The molecule has 1 atom stereocenters. The van der Waals surface area contributed by atoms with Crippen LogP contribution in [0, 0.1) is 12.8 Å². The standard InChI is InChI=1S/C14H22N4O/c1-11-8-14(17-10-16-11)18-7-3-4-13(9-18)5-6-15-12(2)19/h8,10,13H,3-7,9H2,1-2H3,(H,15,19)/t13-/m0/s1. The van der Waals surface area contributed by atoms with Crippen LogP contribution in [0.3, 0.4) is 0 Å². The topological polar surface area (TPSA) is 58.1 Å². The number of hydrogen-bond donors (Lipinski definition) is 1. The number of carbonyl (C=O) groups is 1. The molecule has 1 fully saturated rings. The molecule has 1 aromatic heterocycles. The molecule has 1 saturated heterocycles. The second-order valence-corrected chi connectivity index (χ2v) is 5.24. The zero-order valence-electron chi connectivity index (χ0n) is 11.7. The van der Waals surface area contributed by atoms with Gasteiger partial charge in [0, 0.05) is 38.3 Å². The van der Waals surface area contributed by atoms with Crippen molar-refractivity contribution in [1.29, 1.82) is 0 Å². The van der Waals surface area contributed by atoms with Crippen molar-refractivity contribution >= 4 is 11.7 Å². The lowest BCUT2D eigenvalue weighted by Gasteiger charge is -2.33. The minimum Gasteiger partial charge on any atom is -0.356 e. The van der Waals surface area contributed by atoms with E-state index in [1.807, 2.05) is 13.0 Å². The summed E-state index contributed by atoms with van der Waals surface area (Å²) in [6.07, 6.45) is 5.10. The van der Waals surface area contributed by atoms with Crippen LogP contribution in [0.2, 0.25) is 0 Å². The Labute approximate surface area is 114 Å². The van der Waals surface area contributed by atoms with Gasteiger partial charge in [-0.15, -0.1) is 0 Å². The van der Waals surface area contributed by atoms with Crippen LogP contribution in [0.15, 0.2) is 12.4 Å². The average Bonchev–Trinajstić information content (AvgIpc) is 2.39. The van der Waals surface area contributed by atoms with E-state index in [-0.39, 0.29) is 5.91 Å². The first-order valence-electron chi connectivity index (χ1n) is 6.93. The van der Waals surface area contributed by atoms with Crippen LogP contribution >= 0.6 is 0 Å². The lowest BCUT2D eigenvalue weighted by Crippen LogP contribution is -2.37. The fourth-order valence-electron chi connectivity index (χ4n) is 2.57. The van der Waals surface area contributed by atoms with Gasteiger partial charge in [-0.05, 0) is 32.1 Å². The van der Waals surface area contributed by atoms with E-state index < -0.39 is 0 Å². The molecule has 0 radical (unpaired) electrons. The molecule has 5 nitrogen and oxygen atoms in total. The number of aryl methyl sites for hydroxylation is 1. The van der Waals surface area contributed by atoms with E-state index in [1.165, 1.54) is 12.8 Å². The number of anilines is 1. The zero-order valence-corrected chi connectivity index (χ0v) is 11.7. The van der Waals surface area contributed by atoms with Gasteiger partial charge in [-0.3, -0.25) is 4.79 Å².